The van der Waals surface area contributed by atoms with Gasteiger partial charge in [-0.25, -0.2) is 12.7 Å². The molecule has 1 amide bonds. The van der Waals surface area contributed by atoms with Gasteiger partial charge < -0.3 is 5.32 Å². The standard InChI is InChI=1S/C16H20Cl2N2O3S/c17-13-2-1-12(15(18)9-13)10-24(22,23)20-7-5-11(6-8-20)16(21)19-14-3-4-14/h1-2,9,11,14H,3-8,10H2,(H,19,21). The van der Waals surface area contributed by atoms with Crippen LogP contribution in [0.2, 0.25) is 10.0 Å². The second-order valence-electron chi connectivity index (χ2n) is 6.45. The van der Waals surface area contributed by atoms with Crippen molar-refractivity contribution < 1.29 is 13.2 Å². The van der Waals surface area contributed by atoms with Crippen LogP contribution in [0.5, 0.6) is 0 Å². The highest BCUT2D eigenvalue weighted by molar-refractivity contribution is 7.88. The lowest BCUT2D eigenvalue weighted by Crippen LogP contribution is -2.43. The molecule has 2 aliphatic rings. The number of nitrogens with one attached hydrogen (secondary N) is 1. The summed E-state index contributed by atoms with van der Waals surface area (Å²) in [6.45, 7) is 0.743. The lowest BCUT2D eigenvalue weighted by molar-refractivity contribution is -0.126. The first kappa shape index (κ1) is 18.0. The second kappa shape index (κ2) is 7.20. The summed E-state index contributed by atoms with van der Waals surface area (Å²) in [6, 6.07) is 5.15. The topological polar surface area (TPSA) is 66.5 Å². The number of sulfonamides is 1. The number of nitrogens with zero attached hydrogens (tertiary/aromatic N) is 1. The number of hydrogen-bond acceptors (Lipinski definition) is 3. The lowest BCUT2D eigenvalue weighted by atomic mass is 9.97. The van der Waals surface area contributed by atoms with Crippen LogP contribution in [0.4, 0.5) is 0 Å². The van der Waals surface area contributed by atoms with Crippen LogP contribution in [0.15, 0.2) is 18.2 Å². The van der Waals surface area contributed by atoms with Gasteiger partial charge in [0.15, 0.2) is 0 Å². The molecule has 132 valence electrons. The number of carbonyl (C=O) groups is 1. The normalized spacial score (nSPS) is 20.1. The molecule has 1 aromatic rings. The predicted octanol–water partition coefficient (Wildman–Crippen LogP) is 2.81. The summed E-state index contributed by atoms with van der Waals surface area (Å²) >= 11 is 11.9. The molecule has 1 aliphatic heterocycles. The number of benzene rings is 1. The van der Waals surface area contributed by atoms with E-state index in [0.717, 1.165) is 12.8 Å². The van der Waals surface area contributed by atoms with E-state index in [-0.39, 0.29) is 17.6 Å². The predicted molar refractivity (Wildman–Crippen MR) is 94.5 cm³/mol. The summed E-state index contributed by atoms with van der Waals surface area (Å²) in [5.74, 6) is -0.173. The Balaban J connectivity index is 1.58. The number of halogens is 2. The minimum Gasteiger partial charge on any atom is -0.353 e. The fourth-order valence-corrected chi connectivity index (χ4v) is 5.02. The second-order valence-corrected chi connectivity index (χ2v) is 9.26. The van der Waals surface area contributed by atoms with Gasteiger partial charge in [-0.15, -0.1) is 0 Å². The molecule has 0 unspecified atom stereocenters. The average molecular weight is 391 g/mol. The van der Waals surface area contributed by atoms with Crippen molar-refractivity contribution in [2.45, 2.75) is 37.5 Å². The monoisotopic (exact) mass is 390 g/mol. The van der Waals surface area contributed by atoms with Crippen molar-refractivity contribution in [1.82, 2.24) is 9.62 Å². The molecular formula is C16H20Cl2N2O3S. The molecule has 1 saturated heterocycles. The number of amides is 1. The molecule has 24 heavy (non-hydrogen) atoms. The van der Waals surface area contributed by atoms with Crippen LogP contribution in [0, 0.1) is 5.92 Å². The SMILES string of the molecule is O=C(NC1CC1)C1CCN(S(=O)(=O)Cc2ccc(Cl)cc2Cl)CC1. The molecule has 0 spiro atoms. The summed E-state index contributed by atoms with van der Waals surface area (Å²) < 4.78 is 26.6. The van der Waals surface area contributed by atoms with E-state index in [1.807, 2.05) is 0 Å². The molecule has 1 aliphatic carbocycles. The Morgan fingerprint density at radius 3 is 2.42 bits per heavy atom. The van der Waals surface area contributed by atoms with Crippen molar-refractivity contribution >= 4 is 39.1 Å². The van der Waals surface area contributed by atoms with E-state index in [1.165, 1.54) is 4.31 Å². The molecule has 1 aromatic carbocycles. The Kier molecular flexibility index (Phi) is 5.39. The van der Waals surface area contributed by atoms with Crippen molar-refractivity contribution in [2.24, 2.45) is 5.92 Å². The fourth-order valence-electron chi connectivity index (χ4n) is 2.87. The first-order chi connectivity index (χ1) is 11.3. The zero-order valence-corrected chi connectivity index (χ0v) is 15.5. The average Bonchev–Trinajstić information content (AvgIpc) is 3.34. The van der Waals surface area contributed by atoms with E-state index in [1.54, 1.807) is 18.2 Å². The van der Waals surface area contributed by atoms with Crippen LogP contribution in [0.1, 0.15) is 31.2 Å². The van der Waals surface area contributed by atoms with Crippen molar-refractivity contribution in [3.05, 3.63) is 33.8 Å². The highest BCUT2D eigenvalue weighted by Crippen LogP contribution is 2.27. The van der Waals surface area contributed by atoms with Gasteiger partial charge in [-0.1, -0.05) is 29.3 Å². The largest absolute Gasteiger partial charge is 0.353 e. The summed E-state index contributed by atoms with van der Waals surface area (Å²) in [5, 5.41) is 3.82. The van der Waals surface area contributed by atoms with E-state index >= 15 is 0 Å². The van der Waals surface area contributed by atoms with Crippen molar-refractivity contribution in [3.63, 3.8) is 0 Å². The van der Waals surface area contributed by atoms with Gasteiger partial charge in [0.2, 0.25) is 15.9 Å². The number of carbonyl (C=O) groups excluding carboxylic acids is 1. The number of rotatable bonds is 5. The number of piperidine rings is 1. The van der Waals surface area contributed by atoms with Crippen molar-refractivity contribution in [1.29, 1.82) is 0 Å². The first-order valence-electron chi connectivity index (χ1n) is 8.07. The third-order valence-corrected chi connectivity index (χ3v) is 6.91. The molecule has 2 fully saturated rings. The van der Waals surface area contributed by atoms with E-state index < -0.39 is 10.0 Å². The molecule has 1 heterocycles. The maximum absolute atomic E-state index is 12.6. The first-order valence-corrected chi connectivity index (χ1v) is 10.4. The zero-order valence-electron chi connectivity index (χ0n) is 13.2. The summed E-state index contributed by atoms with van der Waals surface area (Å²) in [7, 11) is -3.46. The smallest absolute Gasteiger partial charge is 0.223 e. The molecule has 1 N–H and O–H groups in total. The molecule has 1 saturated carbocycles. The lowest BCUT2D eigenvalue weighted by Gasteiger charge is -2.30. The molecule has 0 atom stereocenters. The summed E-state index contributed by atoms with van der Waals surface area (Å²) in [4.78, 5) is 12.1. The van der Waals surface area contributed by atoms with Crippen LogP contribution >= 0.6 is 23.2 Å². The minimum absolute atomic E-state index is 0.0651. The Labute approximate surface area is 152 Å². The maximum Gasteiger partial charge on any atom is 0.223 e. The van der Waals surface area contributed by atoms with Crippen LogP contribution in [-0.4, -0.2) is 37.8 Å². The Hall–Kier alpha value is -0.820. The molecule has 5 nitrogen and oxygen atoms in total. The quantitative estimate of drug-likeness (QED) is 0.840. The van der Waals surface area contributed by atoms with Crippen molar-refractivity contribution in [3.8, 4) is 0 Å². The molecule has 0 aromatic heterocycles. The highest BCUT2D eigenvalue weighted by Gasteiger charge is 2.33. The van der Waals surface area contributed by atoms with E-state index in [0.29, 0.717) is 47.6 Å². The van der Waals surface area contributed by atoms with Crippen LogP contribution in [0.3, 0.4) is 0 Å². The van der Waals surface area contributed by atoms with Crippen LogP contribution in [-0.2, 0) is 20.6 Å². The zero-order chi connectivity index (χ0) is 17.3. The van der Waals surface area contributed by atoms with Gasteiger partial charge in [0.05, 0.1) is 5.75 Å². The Morgan fingerprint density at radius 2 is 1.83 bits per heavy atom. The highest BCUT2D eigenvalue weighted by atomic mass is 35.5. The fraction of sp³-hybridized carbons (Fsp3) is 0.562. The van der Waals surface area contributed by atoms with E-state index in [2.05, 4.69) is 5.32 Å². The Bertz CT molecular complexity index is 727. The summed E-state index contributed by atoms with van der Waals surface area (Å²) in [5.41, 5.74) is 0.537. The molecule has 0 radical (unpaired) electrons. The molecule has 3 rings (SSSR count). The van der Waals surface area contributed by atoms with Gasteiger partial charge in [0.1, 0.15) is 0 Å². The van der Waals surface area contributed by atoms with Crippen LogP contribution < -0.4 is 5.32 Å². The van der Waals surface area contributed by atoms with Crippen LogP contribution in [0.25, 0.3) is 0 Å². The molecule has 0 bridgehead atoms. The van der Waals surface area contributed by atoms with E-state index in [4.69, 9.17) is 23.2 Å². The van der Waals surface area contributed by atoms with Gasteiger partial charge in [-0.3, -0.25) is 4.79 Å². The molecule has 8 heteroatoms. The maximum atomic E-state index is 12.6. The van der Waals surface area contributed by atoms with E-state index in [9.17, 15) is 13.2 Å². The van der Waals surface area contributed by atoms with Gasteiger partial charge in [-0.05, 0) is 43.4 Å². The minimum atomic E-state index is -3.46. The Morgan fingerprint density at radius 1 is 1.17 bits per heavy atom. The van der Waals surface area contributed by atoms with Crippen molar-refractivity contribution in [2.75, 3.05) is 13.1 Å². The van der Waals surface area contributed by atoms with Gasteiger partial charge in [-0.2, -0.15) is 0 Å². The molecular weight excluding hydrogens is 371 g/mol. The summed E-state index contributed by atoms with van der Waals surface area (Å²) in [6.07, 6.45) is 3.24. The van der Waals surface area contributed by atoms with Gasteiger partial charge >= 0.3 is 0 Å². The van der Waals surface area contributed by atoms with Gasteiger partial charge in [0.25, 0.3) is 0 Å². The van der Waals surface area contributed by atoms with Gasteiger partial charge in [0, 0.05) is 35.1 Å². The number of hydrogen-bond donors (Lipinski definition) is 1. The third kappa shape index (κ3) is 4.42. The third-order valence-electron chi connectivity index (χ3n) is 4.49.